The van der Waals surface area contributed by atoms with E-state index in [9.17, 15) is 9.59 Å². The van der Waals surface area contributed by atoms with E-state index in [1.54, 1.807) is 24.3 Å². The average molecular weight is 396 g/mol. The highest BCUT2D eigenvalue weighted by molar-refractivity contribution is 5.96. The molecule has 0 aromatic heterocycles. The van der Waals surface area contributed by atoms with Crippen molar-refractivity contribution in [2.24, 2.45) is 0 Å². The van der Waals surface area contributed by atoms with Gasteiger partial charge in [-0.05, 0) is 74.7 Å². The Morgan fingerprint density at radius 2 is 1.62 bits per heavy atom. The van der Waals surface area contributed by atoms with Gasteiger partial charge in [0.25, 0.3) is 0 Å². The molecule has 0 aliphatic carbocycles. The molecule has 6 heteroatoms. The van der Waals surface area contributed by atoms with Gasteiger partial charge in [-0.3, -0.25) is 14.5 Å². The second-order valence-corrected chi connectivity index (χ2v) is 7.08. The molecule has 154 valence electrons. The lowest BCUT2D eigenvalue weighted by Crippen LogP contribution is -2.37. The van der Waals surface area contributed by atoms with Gasteiger partial charge in [0.2, 0.25) is 5.91 Å². The fraction of sp³-hybridized carbons (Fsp3) is 0.391. The Morgan fingerprint density at radius 1 is 1.00 bits per heavy atom. The number of amides is 1. The van der Waals surface area contributed by atoms with Crippen LogP contribution in [0.4, 0.5) is 5.69 Å². The first-order valence-electron chi connectivity index (χ1n) is 10.0. The molecule has 29 heavy (non-hydrogen) atoms. The number of hydrogen-bond acceptors (Lipinski definition) is 5. The molecule has 0 bridgehead atoms. The molecular formula is C23H28N2O4. The van der Waals surface area contributed by atoms with Crippen molar-refractivity contribution in [1.29, 1.82) is 0 Å². The quantitative estimate of drug-likeness (QED) is 0.690. The number of rotatable bonds is 8. The highest BCUT2D eigenvalue weighted by Gasteiger charge is 2.21. The van der Waals surface area contributed by atoms with Crippen molar-refractivity contribution in [1.82, 2.24) is 4.90 Å². The van der Waals surface area contributed by atoms with Gasteiger partial charge < -0.3 is 14.8 Å². The fourth-order valence-corrected chi connectivity index (χ4v) is 3.49. The number of fused-ring (bicyclic) bond motifs is 1. The van der Waals surface area contributed by atoms with Crippen LogP contribution in [-0.4, -0.2) is 42.9 Å². The lowest BCUT2D eigenvalue weighted by atomic mass is 9.98. The Balaban J connectivity index is 1.63. The van der Waals surface area contributed by atoms with E-state index < -0.39 is 0 Å². The number of carbonyl (C=O) groups excluding carboxylic acids is 2. The Hall–Kier alpha value is -2.86. The highest BCUT2D eigenvalue weighted by atomic mass is 16.5. The number of anilines is 1. The van der Waals surface area contributed by atoms with Crippen LogP contribution in [0.1, 0.15) is 42.3 Å². The number of nitrogens with zero attached hydrogens (tertiary/aromatic N) is 1. The summed E-state index contributed by atoms with van der Waals surface area (Å²) in [5.74, 6) is 1.48. The van der Waals surface area contributed by atoms with Crippen LogP contribution in [0.15, 0.2) is 36.4 Å². The third kappa shape index (κ3) is 5.35. The van der Waals surface area contributed by atoms with Gasteiger partial charge in [0.1, 0.15) is 0 Å². The first-order valence-corrected chi connectivity index (χ1v) is 10.0. The second-order valence-electron chi connectivity index (χ2n) is 7.08. The summed E-state index contributed by atoms with van der Waals surface area (Å²) in [7, 11) is 0. The minimum absolute atomic E-state index is 0.00812. The van der Waals surface area contributed by atoms with E-state index in [4.69, 9.17) is 9.47 Å². The van der Waals surface area contributed by atoms with Gasteiger partial charge in [-0.15, -0.1) is 0 Å². The molecule has 1 heterocycles. The molecule has 3 rings (SSSR count). The van der Waals surface area contributed by atoms with Crippen molar-refractivity contribution in [3.8, 4) is 11.5 Å². The molecule has 2 aromatic rings. The third-order valence-electron chi connectivity index (χ3n) is 4.90. The summed E-state index contributed by atoms with van der Waals surface area (Å²) in [5, 5.41) is 2.90. The molecular weight excluding hydrogens is 368 g/mol. The van der Waals surface area contributed by atoms with E-state index in [-0.39, 0.29) is 11.7 Å². The van der Waals surface area contributed by atoms with Crippen LogP contribution in [-0.2, 0) is 17.8 Å². The summed E-state index contributed by atoms with van der Waals surface area (Å²) in [4.78, 5) is 25.9. The molecule has 1 aliphatic heterocycles. The van der Waals surface area contributed by atoms with Gasteiger partial charge in [0.15, 0.2) is 17.3 Å². The molecule has 0 radical (unpaired) electrons. The van der Waals surface area contributed by atoms with E-state index in [1.165, 1.54) is 18.1 Å². The molecule has 0 atom stereocenters. The standard InChI is InChI=1S/C23H28N2O4/c1-4-28-21-12-18-10-11-25(14-19(18)13-22(21)29-5-2)15-23(27)24-20-8-6-17(7-9-20)16(3)26/h6-9,12-13H,4-5,10-11,14-15H2,1-3H3,(H,24,27). The maximum absolute atomic E-state index is 12.5. The zero-order valence-corrected chi connectivity index (χ0v) is 17.3. The zero-order chi connectivity index (χ0) is 20.8. The maximum Gasteiger partial charge on any atom is 0.238 e. The van der Waals surface area contributed by atoms with Gasteiger partial charge in [-0.1, -0.05) is 0 Å². The first-order chi connectivity index (χ1) is 14.0. The van der Waals surface area contributed by atoms with Crippen LogP contribution >= 0.6 is 0 Å². The summed E-state index contributed by atoms with van der Waals surface area (Å²) in [5.41, 5.74) is 3.74. The highest BCUT2D eigenvalue weighted by Crippen LogP contribution is 2.33. The molecule has 0 saturated carbocycles. The second kappa shape index (κ2) is 9.56. The Labute approximate surface area is 171 Å². The molecule has 1 amide bonds. The van der Waals surface area contributed by atoms with E-state index in [0.29, 0.717) is 37.6 Å². The van der Waals surface area contributed by atoms with Crippen LogP contribution in [0.3, 0.4) is 0 Å². The monoisotopic (exact) mass is 396 g/mol. The van der Waals surface area contributed by atoms with Crippen molar-refractivity contribution in [2.45, 2.75) is 33.7 Å². The van der Waals surface area contributed by atoms with E-state index in [0.717, 1.165) is 24.5 Å². The van der Waals surface area contributed by atoms with Crippen molar-refractivity contribution in [3.05, 3.63) is 53.1 Å². The smallest absolute Gasteiger partial charge is 0.238 e. The molecule has 1 aliphatic rings. The van der Waals surface area contributed by atoms with Crippen LogP contribution < -0.4 is 14.8 Å². The number of nitrogens with one attached hydrogen (secondary N) is 1. The Bertz CT molecular complexity index is 877. The van der Waals surface area contributed by atoms with Crippen molar-refractivity contribution in [2.75, 3.05) is 31.6 Å². The summed E-state index contributed by atoms with van der Waals surface area (Å²) in [6, 6.07) is 11.1. The average Bonchev–Trinajstić information content (AvgIpc) is 2.69. The SMILES string of the molecule is CCOc1cc2c(cc1OCC)CN(CC(=O)Nc1ccc(C(C)=O)cc1)CC2. The molecule has 0 saturated heterocycles. The van der Waals surface area contributed by atoms with Gasteiger partial charge in [-0.25, -0.2) is 0 Å². The predicted molar refractivity (Wildman–Crippen MR) is 113 cm³/mol. The van der Waals surface area contributed by atoms with Crippen LogP contribution in [0, 0.1) is 0 Å². The maximum atomic E-state index is 12.5. The van der Waals surface area contributed by atoms with Gasteiger partial charge in [0.05, 0.1) is 19.8 Å². The molecule has 0 fully saturated rings. The summed E-state index contributed by atoms with van der Waals surface area (Å²) in [6.45, 7) is 8.42. The lowest BCUT2D eigenvalue weighted by Gasteiger charge is -2.29. The molecule has 1 N–H and O–H groups in total. The topological polar surface area (TPSA) is 67.9 Å². The normalized spacial score (nSPS) is 13.5. The first kappa shape index (κ1) is 20.9. The van der Waals surface area contributed by atoms with E-state index >= 15 is 0 Å². The third-order valence-corrected chi connectivity index (χ3v) is 4.90. The molecule has 0 spiro atoms. The number of hydrogen-bond donors (Lipinski definition) is 1. The largest absolute Gasteiger partial charge is 0.490 e. The van der Waals surface area contributed by atoms with Crippen molar-refractivity contribution < 1.29 is 19.1 Å². The minimum atomic E-state index is -0.0695. The summed E-state index contributed by atoms with van der Waals surface area (Å²) < 4.78 is 11.4. The number of carbonyl (C=O) groups is 2. The Morgan fingerprint density at radius 3 is 2.21 bits per heavy atom. The van der Waals surface area contributed by atoms with Crippen LogP contribution in [0.5, 0.6) is 11.5 Å². The fourth-order valence-electron chi connectivity index (χ4n) is 3.49. The van der Waals surface area contributed by atoms with Gasteiger partial charge in [0, 0.05) is 24.3 Å². The van der Waals surface area contributed by atoms with E-state index in [1.807, 2.05) is 19.9 Å². The summed E-state index contributed by atoms with van der Waals surface area (Å²) >= 11 is 0. The van der Waals surface area contributed by atoms with Crippen molar-refractivity contribution in [3.63, 3.8) is 0 Å². The van der Waals surface area contributed by atoms with Gasteiger partial charge >= 0.3 is 0 Å². The number of benzene rings is 2. The zero-order valence-electron chi connectivity index (χ0n) is 17.3. The van der Waals surface area contributed by atoms with Crippen molar-refractivity contribution >= 4 is 17.4 Å². The molecule has 2 aromatic carbocycles. The summed E-state index contributed by atoms with van der Waals surface area (Å²) in [6.07, 6.45) is 0.863. The molecule has 0 unspecified atom stereocenters. The lowest BCUT2D eigenvalue weighted by molar-refractivity contribution is -0.117. The Kier molecular flexibility index (Phi) is 6.88. The number of Topliss-reactive ketones (excluding diaryl/α,β-unsaturated/α-hetero) is 1. The molecule has 6 nitrogen and oxygen atoms in total. The van der Waals surface area contributed by atoms with Crippen LogP contribution in [0.2, 0.25) is 0 Å². The number of ketones is 1. The minimum Gasteiger partial charge on any atom is -0.490 e. The number of ether oxygens (including phenoxy) is 2. The van der Waals surface area contributed by atoms with Crippen LogP contribution in [0.25, 0.3) is 0 Å². The van der Waals surface area contributed by atoms with Gasteiger partial charge in [-0.2, -0.15) is 0 Å². The predicted octanol–water partition coefficient (Wildman–Crippen LogP) is 3.68. The van der Waals surface area contributed by atoms with E-state index in [2.05, 4.69) is 16.3 Å².